The number of hydrogen-bond acceptors (Lipinski definition) is 3. The van der Waals surface area contributed by atoms with Gasteiger partial charge in [-0.2, -0.15) is 0 Å². The number of nitrogens with one attached hydrogen (secondary N) is 1. The van der Waals surface area contributed by atoms with Gasteiger partial charge in [-0.1, -0.05) is 13.8 Å². The van der Waals surface area contributed by atoms with Gasteiger partial charge in [0.05, 0.1) is 5.69 Å². The standard InChI is InChI=1S/C12H22N4O.HI/c1-8(2)5-6-14-12(13)15-7-11-16-9(3)10(4)17-11;/h8H,5-7H2,1-4H3,(H3,13,14,15);1H. The second-order valence-corrected chi connectivity index (χ2v) is 4.56. The first-order valence-electron chi connectivity index (χ1n) is 5.95. The minimum absolute atomic E-state index is 0. The number of aryl methyl sites for hydroxylation is 2. The van der Waals surface area contributed by atoms with Crippen LogP contribution in [0.1, 0.15) is 37.6 Å². The van der Waals surface area contributed by atoms with Crippen LogP contribution >= 0.6 is 24.0 Å². The van der Waals surface area contributed by atoms with Crippen molar-refractivity contribution in [2.24, 2.45) is 16.6 Å². The fraction of sp³-hybridized carbons (Fsp3) is 0.667. The first kappa shape index (κ1) is 17.2. The summed E-state index contributed by atoms with van der Waals surface area (Å²) in [6, 6.07) is 0. The molecule has 5 nitrogen and oxygen atoms in total. The molecule has 0 amide bonds. The average molecular weight is 366 g/mol. The van der Waals surface area contributed by atoms with Crippen molar-refractivity contribution in [1.82, 2.24) is 10.3 Å². The van der Waals surface area contributed by atoms with E-state index < -0.39 is 0 Å². The van der Waals surface area contributed by atoms with Crippen LogP contribution in [0.15, 0.2) is 9.41 Å². The van der Waals surface area contributed by atoms with Crippen molar-refractivity contribution in [2.75, 3.05) is 6.54 Å². The number of oxazole rings is 1. The Kier molecular flexibility index (Phi) is 7.97. The quantitative estimate of drug-likeness (QED) is 0.477. The summed E-state index contributed by atoms with van der Waals surface area (Å²) in [6.45, 7) is 9.38. The van der Waals surface area contributed by atoms with Gasteiger partial charge < -0.3 is 15.5 Å². The molecule has 3 N–H and O–H groups in total. The van der Waals surface area contributed by atoms with E-state index in [1.807, 2.05) is 13.8 Å². The Hall–Kier alpha value is -0.790. The van der Waals surface area contributed by atoms with E-state index in [2.05, 4.69) is 29.1 Å². The highest BCUT2D eigenvalue weighted by atomic mass is 127. The van der Waals surface area contributed by atoms with E-state index in [0.29, 0.717) is 24.3 Å². The molecule has 0 aliphatic heterocycles. The molecule has 104 valence electrons. The summed E-state index contributed by atoms with van der Waals surface area (Å²) in [5, 5.41) is 3.06. The number of aromatic nitrogens is 1. The third kappa shape index (κ3) is 6.23. The van der Waals surface area contributed by atoms with Crippen LogP contribution in [0.2, 0.25) is 0 Å². The summed E-state index contributed by atoms with van der Waals surface area (Å²) in [5.41, 5.74) is 6.63. The molecule has 0 aliphatic carbocycles. The van der Waals surface area contributed by atoms with Crippen LogP contribution in [-0.4, -0.2) is 17.5 Å². The Labute approximate surface area is 126 Å². The van der Waals surface area contributed by atoms with Crippen molar-refractivity contribution < 1.29 is 4.42 Å². The largest absolute Gasteiger partial charge is 0.444 e. The van der Waals surface area contributed by atoms with E-state index in [-0.39, 0.29) is 24.0 Å². The maximum Gasteiger partial charge on any atom is 0.216 e. The van der Waals surface area contributed by atoms with Gasteiger partial charge >= 0.3 is 0 Å². The molecule has 1 aromatic rings. The maximum atomic E-state index is 5.72. The summed E-state index contributed by atoms with van der Waals surface area (Å²) < 4.78 is 5.41. The van der Waals surface area contributed by atoms with Gasteiger partial charge in [-0.15, -0.1) is 24.0 Å². The molecular weight excluding hydrogens is 343 g/mol. The molecule has 0 spiro atoms. The molecule has 0 saturated carbocycles. The number of rotatable bonds is 5. The zero-order chi connectivity index (χ0) is 12.8. The number of nitrogens with two attached hydrogens (primary N) is 1. The van der Waals surface area contributed by atoms with Gasteiger partial charge in [-0.3, -0.25) is 0 Å². The van der Waals surface area contributed by atoms with Gasteiger partial charge in [-0.05, 0) is 26.2 Å². The number of halogens is 1. The first-order chi connectivity index (χ1) is 7.99. The molecule has 1 rings (SSSR count). The minimum atomic E-state index is 0. The fourth-order valence-electron chi connectivity index (χ4n) is 1.30. The summed E-state index contributed by atoms with van der Waals surface area (Å²) in [6.07, 6.45) is 1.08. The maximum absolute atomic E-state index is 5.72. The summed E-state index contributed by atoms with van der Waals surface area (Å²) in [7, 11) is 0. The van der Waals surface area contributed by atoms with E-state index in [1.54, 1.807) is 0 Å². The molecule has 0 saturated heterocycles. The first-order valence-corrected chi connectivity index (χ1v) is 5.95. The van der Waals surface area contributed by atoms with Crippen LogP contribution in [0, 0.1) is 19.8 Å². The van der Waals surface area contributed by atoms with E-state index in [0.717, 1.165) is 24.4 Å². The Bertz CT molecular complexity index is 368. The second kappa shape index (κ2) is 8.34. The zero-order valence-corrected chi connectivity index (χ0v) is 13.8. The zero-order valence-electron chi connectivity index (χ0n) is 11.5. The van der Waals surface area contributed by atoms with Crippen LogP contribution in [-0.2, 0) is 6.54 Å². The van der Waals surface area contributed by atoms with Crippen molar-refractivity contribution >= 4 is 29.9 Å². The monoisotopic (exact) mass is 366 g/mol. The van der Waals surface area contributed by atoms with Gasteiger partial charge in [0.15, 0.2) is 5.96 Å². The molecule has 0 unspecified atom stereocenters. The number of guanidine groups is 1. The van der Waals surface area contributed by atoms with E-state index in [1.165, 1.54) is 0 Å². The predicted octanol–water partition coefficient (Wildman–Crippen LogP) is 2.36. The van der Waals surface area contributed by atoms with Crippen LogP contribution in [0.3, 0.4) is 0 Å². The molecule has 0 aliphatic rings. The molecule has 18 heavy (non-hydrogen) atoms. The summed E-state index contributed by atoms with van der Waals surface area (Å²) in [5.74, 6) is 2.54. The highest BCUT2D eigenvalue weighted by Gasteiger charge is 2.04. The minimum Gasteiger partial charge on any atom is -0.444 e. The van der Waals surface area contributed by atoms with Crippen molar-refractivity contribution in [2.45, 2.75) is 40.7 Å². The predicted molar refractivity (Wildman–Crippen MR) is 84.2 cm³/mol. The number of aliphatic imine (C=N–C) groups is 1. The van der Waals surface area contributed by atoms with Crippen LogP contribution in [0.25, 0.3) is 0 Å². The molecule has 0 fully saturated rings. The highest BCUT2D eigenvalue weighted by Crippen LogP contribution is 2.08. The lowest BCUT2D eigenvalue weighted by Crippen LogP contribution is -2.32. The van der Waals surface area contributed by atoms with Crippen molar-refractivity contribution in [3.05, 3.63) is 17.3 Å². The third-order valence-electron chi connectivity index (χ3n) is 2.49. The van der Waals surface area contributed by atoms with Gasteiger partial charge in [-0.25, -0.2) is 9.98 Å². The Balaban J connectivity index is 0.00000289. The van der Waals surface area contributed by atoms with Gasteiger partial charge in [0.2, 0.25) is 5.89 Å². The lowest BCUT2D eigenvalue weighted by Gasteiger charge is -2.06. The van der Waals surface area contributed by atoms with Crippen molar-refractivity contribution in [3.63, 3.8) is 0 Å². The number of hydrogen-bond donors (Lipinski definition) is 2. The Morgan fingerprint density at radius 3 is 2.61 bits per heavy atom. The summed E-state index contributed by atoms with van der Waals surface area (Å²) in [4.78, 5) is 8.41. The molecule has 1 heterocycles. The average Bonchev–Trinajstić information content (AvgIpc) is 2.55. The number of nitrogens with zero attached hydrogens (tertiary/aromatic N) is 2. The smallest absolute Gasteiger partial charge is 0.216 e. The third-order valence-corrected chi connectivity index (χ3v) is 2.49. The van der Waals surface area contributed by atoms with Crippen molar-refractivity contribution in [1.29, 1.82) is 0 Å². The van der Waals surface area contributed by atoms with Crippen LogP contribution < -0.4 is 11.1 Å². The molecule has 0 bridgehead atoms. The Morgan fingerprint density at radius 1 is 1.44 bits per heavy atom. The van der Waals surface area contributed by atoms with E-state index in [9.17, 15) is 0 Å². The highest BCUT2D eigenvalue weighted by molar-refractivity contribution is 14.0. The SMILES string of the molecule is Cc1nc(CN=C(N)NCCC(C)C)oc1C.I. The topological polar surface area (TPSA) is 76.4 Å². The van der Waals surface area contributed by atoms with Crippen molar-refractivity contribution in [3.8, 4) is 0 Å². The molecular formula is C12H23IN4O. The summed E-state index contributed by atoms with van der Waals surface area (Å²) >= 11 is 0. The fourth-order valence-corrected chi connectivity index (χ4v) is 1.30. The van der Waals surface area contributed by atoms with Crippen LogP contribution in [0.4, 0.5) is 0 Å². The lowest BCUT2D eigenvalue weighted by molar-refractivity contribution is 0.473. The van der Waals surface area contributed by atoms with Gasteiger partial charge in [0, 0.05) is 6.54 Å². The molecule has 0 aromatic carbocycles. The van der Waals surface area contributed by atoms with Gasteiger partial charge in [0.1, 0.15) is 12.3 Å². The molecule has 1 aromatic heterocycles. The lowest BCUT2D eigenvalue weighted by atomic mass is 10.1. The van der Waals surface area contributed by atoms with E-state index in [4.69, 9.17) is 10.2 Å². The van der Waals surface area contributed by atoms with Crippen LogP contribution in [0.5, 0.6) is 0 Å². The van der Waals surface area contributed by atoms with Gasteiger partial charge in [0.25, 0.3) is 0 Å². The second-order valence-electron chi connectivity index (χ2n) is 4.56. The molecule has 0 radical (unpaired) electrons. The molecule has 0 atom stereocenters. The normalized spacial score (nSPS) is 11.5. The Morgan fingerprint density at radius 2 is 2.11 bits per heavy atom. The molecule has 6 heteroatoms. The van der Waals surface area contributed by atoms with E-state index >= 15 is 0 Å².